The number of carbonyl (C=O) groups excluding carboxylic acids is 2. The molecule has 2 amide bonds. The average Bonchev–Trinajstić information content (AvgIpc) is 2.18. The number of amides is 2. The molecular weight excluding hydrogens is 220 g/mol. The van der Waals surface area contributed by atoms with E-state index in [1.165, 1.54) is 12.1 Å². The molecule has 6 nitrogen and oxygen atoms in total. The number of halogens is 1. The van der Waals surface area contributed by atoms with E-state index in [1.807, 2.05) is 0 Å². The van der Waals surface area contributed by atoms with Crippen molar-refractivity contribution in [3.05, 3.63) is 22.8 Å². The molecular formula is C8H9ClN4O2. The highest BCUT2D eigenvalue weighted by atomic mass is 35.5. The largest absolute Gasteiger partial charge is 0.384 e. The van der Waals surface area contributed by atoms with Gasteiger partial charge in [0.2, 0.25) is 5.91 Å². The maximum atomic E-state index is 11.4. The highest BCUT2D eigenvalue weighted by Crippen LogP contribution is 2.14. The van der Waals surface area contributed by atoms with Gasteiger partial charge >= 0.3 is 0 Å². The smallest absolute Gasteiger partial charge is 0.271 e. The van der Waals surface area contributed by atoms with Gasteiger partial charge in [-0.25, -0.2) is 4.98 Å². The number of nitrogens with one attached hydrogen (secondary N) is 1. The molecule has 0 fully saturated rings. The van der Waals surface area contributed by atoms with Crippen LogP contribution >= 0.6 is 11.6 Å². The zero-order valence-corrected chi connectivity index (χ0v) is 8.41. The fourth-order valence-electron chi connectivity index (χ4n) is 0.868. The average molecular weight is 229 g/mol. The van der Waals surface area contributed by atoms with Crippen molar-refractivity contribution in [2.75, 3.05) is 12.3 Å². The molecule has 0 atom stereocenters. The molecule has 0 saturated heterocycles. The van der Waals surface area contributed by atoms with E-state index >= 15 is 0 Å². The first-order valence-corrected chi connectivity index (χ1v) is 4.37. The van der Waals surface area contributed by atoms with E-state index in [0.717, 1.165) is 0 Å². The van der Waals surface area contributed by atoms with Crippen LogP contribution in [0.4, 0.5) is 5.82 Å². The number of nitrogens with two attached hydrogens (primary N) is 2. The number of aromatic nitrogens is 1. The molecule has 0 radical (unpaired) electrons. The number of hydrogen-bond acceptors (Lipinski definition) is 4. The maximum absolute atomic E-state index is 11.4. The Morgan fingerprint density at radius 1 is 1.47 bits per heavy atom. The third kappa shape index (κ3) is 3.10. The van der Waals surface area contributed by atoms with Gasteiger partial charge in [0, 0.05) is 0 Å². The maximum Gasteiger partial charge on any atom is 0.271 e. The van der Waals surface area contributed by atoms with Crippen molar-refractivity contribution >= 4 is 29.2 Å². The van der Waals surface area contributed by atoms with Crippen LogP contribution in [0.15, 0.2) is 12.1 Å². The molecule has 0 aliphatic rings. The Bertz CT molecular complexity index is 408. The van der Waals surface area contributed by atoms with Gasteiger partial charge < -0.3 is 16.8 Å². The summed E-state index contributed by atoms with van der Waals surface area (Å²) in [7, 11) is 0. The van der Waals surface area contributed by atoms with Crippen molar-refractivity contribution in [2.45, 2.75) is 0 Å². The third-order valence-corrected chi connectivity index (χ3v) is 1.81. The summed E-state index contributed by atoms with van der Waals surface area (Å²) in [6, 6.07) is 2.91. The van der Waals surface area contributed by atoms with Gasteiger partial charge in [0.15, 0.2) is 0 Å². The summed E-state index contributed by atoms with van der Waals surface area (Å²) < 4.78 is 0. The van der Waals surface area contributed by atoms with E-state index < -0.39 is 11.8 Å². The number of anilines is 1. The first-order valence-electron chi connectivity index (χ1n) is 3.99. The van der Waals surface area contributed by atoms with Crippen molar-refractivity contribution < 1.29 is 9.59 Å². The van der Waals surface area contributed by atoms with Crippen LogP contribution in [0.2, 0.25) is 5.02 Å². The zero-order valence-electron chi connectivity index (χ0n) is 7.66. The van der Waals surface area contributed by atoms with Crippen LogP contribution in [0.5, 0.6) is 0 Å². The zero-order chi connectivity index (χ0) is 11.4. The van der Waals surface area contributed by atoms with Crippen LogP contribution < -0.4 is 16.8 Å². The molecule has 1 aromatic rings. The lowest BCUT2D eigenvalue weighted by Gasteiger charge is -2.04. The Hall–Kier alpha value is -1.82. The van der Waals surface area contributed by atoms with Gasteiger partial charge in [-0.2, -0.15) is 0 Å². The topological polar surface area (TPSA) is 111 Å². The molecule has 7 heteroatoms. The van der Waals surface area contributed by atoms with E-state index in [-0.39, 0.29) is 23.1 Å². The fraction of sp³-hybridized carbons (Fsp3) is 0.125. The summed E-state index contributed by atoms with van der Waals surface area (Å²) in [4.78, 5) is 25.5. The molecule has 5 N–H and O–H groups in total. The summed E-state index contributed by atoms with van der Waals surface area (Å²) >= 11 is 5.71. The molecule has 0 aliphatic heterocycles. The van der Waals surface area contributed by atoms with Gasteiger partial charge in [-0.3, -0.25) is 9.59 Å². The number of nitrogen functional groups attached to an aromatic ring is 1. The third-order valence-electron chi connectivity index (χ3n) is 1.51. The Balaban J connectivity index is 2.81. The van der Waals surface area contributed by atoms with Crippen LogP contribution in [0, 0.1) is 0 Å². The van der Waals surface area contributed by atoms with Crippen LogP contribution in [0.3, 0.4) is 0 Å². The van der Waals surface area contributed by atoms with Gasteiger partial charge in [0.1, 0.15) is 11.5 Å². The Labute approximate surface area is 90.6 Å². The quantitative estimate of drug-likeness (QED) is 0.650. The molecule has 1 heterocycles. The van der Waals surface area contributed by atoms with Gasteiger partial charge in [-0.05, 0) is 12.1 Å². The van der Waals surface area contributed by atoms with Crippen molar-refractivity contribution in [3.8, 4) is 0 Å². The minimum atomic E-state index is -0.650. The summed E-state index contributed by atoms with van der Waals surface area (Å²) in [5.74, 6) is -1.07. The van der Waals surface area contributed by atoms with Gasteiger partial charge in [0.05, 0.1) is 11.6 Å². The second-order valence-corrected chi connectivity index (χ2v) is 3.12. The first-order chi connectivity index (χ1) is 7.00. The summed E-state index contributed by atoms with van der Waals surface area (Å²) in [5.41, 5.74) is 10.2. The molecule has 0 unspecified atom stereocenters. The molecule has 0 aromatic carbocycles. The standard InChI is InChI=1S/C8H9ClN4O2/c9-4-1-2-5(10)13-7(4)8(15)12-3-6(11)14/h1-2H,3H2,(H2,10,13)(H2,11,14)(H,12,15). The molecule has 80 valence electrons. The Kier molecular flexibility index (Phi) is 3.46. The van der Waals surface area contributed by atoms with Crippen LogP contribution in [0.1, 0.15) is 10.5 Å². The molecule has 0 spiro atoms. The second kappa shape index (κ2) is 4.61. The van der Waals surface area contributed by atoms with Crippen LogP contribution in [0.25, 0.3) is 0 Å². The minimum absolute atomic E-state index is 0.0297. The predicted molar refractivity (Wildman–Crippen MR) is 55.2 cm³/mol. The number of primary amides is 1. The second-order valence-electron chi connectivity index (χ2n) is 2.72. The Morgan fingerprint density at radius 3 is 2.73 bits per heavy atom. The molecule has 15 heavy (non-hydrogen) atoms. The van der Waals surface area contributed by atoms with Gasteiger partial charge in [0.25, 0.3) is 5.91 Å². The van der Waals surface area contributed by atoms with E-state index in [4.69, 9.17) is 23.1 Å². The fourth-order valence-corrected chi connectivity index (χ4v) is 1.06. The molecule has 0 saturated carbocycles. The summed E-state index contributed by atoms with van der Waals surface area (Å²) in [5, 5.41) is 2.41. The number of rotatable bonds is 3. The van der Waals surface area contributed by atoms with E-state index in [2.05, 4.69) is 10.3 Å². The predicted octanol–water partition coefficient (Wildman–Crippen LogP) is -0.468. The normalized spacial score (nSPS) is 9.67. The SMILES string of the molecule is NC(=O)CNC(=O)c1nc(N)ccc1Cl. The lowest BCUT2D eigenvalue weighted by Crippen LogP contribution is -2.33. The van der Waals surface area contributed by atoms with E-state index in [1.54, 1.807) is 0 Å². The minimum Gasteiger partial charge on any atom is -0.384 e. The highest BCUT2D eigenvalue weighted by molar-refractivity contribution is 6.33. The lowest BCUT2D eigenvalue weighted by molar-refractivity contribution is -0.117. The number of pyridine rings is 1. The number of hydrogen-bond donors (Lipinski definition) is 3. The van der Waals surface area contributed by atoms with E-state index in [0.29, 0.717) is 0 Å². The molecule has 0 bridgehead atoms. The summed E-state index contributed by atoms with van der Waals surface area (Å²) in [6.45, 7) is -0.272. The van der Waals surface area contributed by atoms with Gasteiger partial charge in [-0.1, -0.05) is 11.6 Å². The van der Waals surface area contributed by atoms with Crippen LogP contribution in [-0.4, -0.2) is 23.3 Å². The Morgan fingerprint density at radius 2 is 2.13 bits per heavy atom. The van der Waals surface area contributed by atoms with Crippen molar-refractivity contribution in [2.24, 2.45) is 5.73 Å². The van der Waals surface area contributed by atoms with E-state index in [9.17, 15) is 9.59 Å². The summed E-state index contributed by atoms with van der Waals surface area (Å²) in [6.07, 6.45) is 0. The van der Waals surface area contributed by atoms with Crippen LogP contribution in [-0.2, 0) is 4.79 Å². The van der Waals surface area contributed by atoms with Crippen molar-refractivity contribution in [1.29, 1.82) is 0 Å². The highest BCUT2D eigenvalue weighted by Gasteiger charge is 2.12. The van der Waals surface area contributed by atoms with Crippen molar-refractivity contribution in [3.63, 3.8) is 0 Å². The number of nitrogens with zero attached hydrogens (tertiary/aromatic N) is 1. The monoisotopic (exact) mass is 228 g/mol. The molecule has 1 aromatic heterocycles. The molecule has 0 aliphatic carbocycles. The molecule has 1 rings (SSSR count). The lowest BCUT2D eigenvalue weighted by atomic mass is 10.3. The van der Waals surface area contributed by atoms with Crippen molar-refractivity contribution in [1.82, 2.24) is 10.3 Å². The number of carbonyl (C=O) groups is 2. The first kappa shape index (κ1) is 11.3. The van der Waals surface area contributed by atoms with Gasteiger partial charge in [-0.15, -0.1) is 0 Å².